The Kier molecular flexibility index (Phi) is 6.12. The van der Waals surface area contributed by atoms with Crippen LogP contribution in [-0.2, 0) is 11.2 Å². The quantitative estimate of drug-likeness (QED) is 0.699. The van der Waals surface area contributed by atoms with Crippen molar-refractivity contribution < 1.29 is 14.3 Å². The number of anilines is 1. The van der Waals surface area contributed by atoms with Gasteiger partial charge >= 0.3 is 0 Å². The van der Waals surface area contributed by atoms with Crippen LogP contribution in [0, 0.1) is 0 Å². The normalized spacial score (nSPS) is 14.2. The van der Waals surface area contributed by atoms with Crippen molar-refractivity contribution in [2.75, 3.05) is 44.8 Å². The first-order valence-corrected chi connectivity index (χ1v) is 9.42. The fraction of sp³-hybridized carbons (Fsp3) is 0.368. The summed E-state index contributed by atoms with van der Waals surface area (Å²) < 4.78 is 11.1. The smallest absolute Gasteiger partial charge is 0.260 e. The van der Waals surface area contributed by atoms with Crippen molar-refractivity contribution in [1.82, 2.24) is 9.88 Å². The van der Waals surface area contributed by atoms with Crippen LogP contribution in [0.1, 0.15) is 5.56 Å². The van der Waals surface area contributed by atoms with E-state index in [1.807, 2.05) is 34.6 Å². The number of ether oxygens (including phenoxy) is 2. The Bertz CT molecular complexity index is 740. The van der Waals surface area contributed by atoms with Gasteiger partial charge in [0.05, 0.1) is 7.11 Å². The van der Waals surface area contributed by atoms with E-state index in [-0.39, 0.29) is 12.5 Å². The number of benzene rings is 1. The number of thiazole rings is 1. The molecular weight excluding hydrogens is 350 g/mol. The molecule has 0 saturated carbocycles. The van der Waals surface area contributed by atoms with E-state index in [4.69, 9.17) is 9.47 Å². The lowest BCUT2D eigenvalue weighted by Crippen LogP contribution is -2.50. The Morgan fingerprint density at radius 1 is 1.31 bits per heavy atom. The monoisotopic (exact) mass is 373 g/mol. The number of hydrogen-bond donors (Lipinski definition) is 0. The zero-order valence-corrected chi connectivity index (χ0v) is 15.7. The second kappa shape index (κ2) is 8.71. The van der Waals surface area contributed by atoms with Crippen LogP contribution in [-0.4, -0.2) is 55.7 Å². The number of aromatic nitrogens is 1. The lowest BCUT2D eigenvalue weighted by molar-refractivity contribution is -0.133. The van der Waals surface area contributed by atoms with Crippen LogP contribution < -0.4 is 14.4 Å². The standard InChI is InChI=1S/C19H23N3O3S/c1-3-4-15-5-6-16(17(13-15)24-2)25-14-18(23)21-8-10-22(11-9-21)19-20-7-12-26-19/h3,5-7,12-13H,1,4,8-11,14H2,2H3. The number of carbonyl (C=O) groups excluding carboxylic acids is 1. The molecule has 2 aromatic rings. The van der Waals surface area contributed by atoms with Crippen LogP contribution in [0.2, 0.25) is 0 Å². The highest BCUT2D eigenvalue weighted by Crippen LogP contribution is 2.28. The maximum atomic E-state index is 12.4. The first-order valence-electron chi connectivity index (χ1n) is 8.54. The molecule has 0 atom stereocenters. The van der Waals surface area contributed by atoms with Crippen molar-refractivity contribution in [1.29, 1.82) is 0 Å². The van der Waals surface area contributed by atoms with Gasteiger partial charge < -0.3 is 19.3 Å². The molecule has 6 nitrogen and oxygen atoms in total. The SMILES string of the molecule is C=CCc1ccc(OCC(=O)N2CCN(c3nccs3)CC2)c(OC)c1. The molecule has 0 aliphatic carbocycles. The summed E-state index contributed by atoms with van der Waals surface area (Å²) >= 11 is 1.62. The predicted octanol–water partition coefficient (Wildman–Crippen LogP) is 2.61. The minimum Gasteiger partial charge on any atom is -0.493 e. The van der Waals surface area contributed by atoms with Gasteiger partial charge in [0.2, 0.25) is 0 Å². The largest absolute Gasteiger partial charge is 0.493 e. The lowest BCUT2D eigenvalue weighted by Gasteiger charge is -2.34. The molecule has 1 aliphatic heterocycles. The van der Waals surface area contributed by atoms with Crippen molar-refractivity contribution >= 4 is 22.4 Å². The molecule has 26 heavy (non-hydrogen) atoms. The molecule has 0 bridgehead atoms. The number of hydrogen-bond acceptors (Lipinski definition) is 6. The summed E-state index contributed by atoms with van der Waals surface area (Å²) in [7, 11) is 1.60. The molecule has 1 aliphatic rings. The zero-order valence-electron chi connectivity index (χ0n) is 14.9. The Morgan fingerprint density at radius 3 is 2.77 bits per heavy atom. The molecule has 7 heteroatoms. The summed E-state index contributed by atoms with van der Waals surface area (Å²) in [6.07, 6.45) is 4.40. The van der Waals surface area contributed by atoms with Crippen molar-refractivity contribution in [3.8, 4) is 11.5 Å². The third kappa shape index (κ3) is 4.35. The summed E-state index contributed by atoms with van der Waals surface area (Å²) in [6, 6.07) is 5.70. The Labute approximate surface area is 157 Å². The lowest BCUT2D eigenvalue weighted by atomic mass is 10.1. The van der Waals surface area contributed by atoms with Crippen molar-refractivity contribution in [3.05, 3.63) is 48.0 Å². The molecule has 1 fully saturated rings. The molecule has 1 aromatic carbocycles. The third-order valence-electron chi connectivity index (χ3n) is 4.28. The van der Waals surface area contributed by atoms with E-state index >= 15 is 0 Å². The molecule has 1 saturated heterocycles. The second-order valence-electron chi connectivity index (χ2n) is 5.95. The average molecular weight is 373 g/mol. The first-order chi connectivity index (χ1) is 12.7. The van der Waals surface area contributed by atoms with E-state index in [0.717, 1.165) is 30.2 Å². The fourth-order valence-corrected chi connectivity index (χ4v) is 3.57. The van der Waals surface area contributed by atoms with Crippen LogP contribution in [0.4, 0.5) is 5.13 Å². The van der Waals surface area contributed by atoms with E-state index < -0.39 is 0 Å². The van der Waals surface area contributed by atoms with Crippen LogP contribution in [0.5, 0.6) is 11.5 Å². The van der Waals surface area contributed by atoms with Gasteiger partial charge in [0.25, 0.3) is 5.91 Å². The molecule has 138 valence electrons. The molecule has 2 heterocycles. The Hall–Kier alpha value is -2.54. The van der Waals surface area contributed by atoms with Gasteiger partial charge in [-0.1, -0.05) is 12.1 Å². The number of amides is 1. The van der Waals surface area contributed by atoms with Gasteiger partial charge in [-0.2, -0.15) is 0 Å². The average Bonchev–Trinajstić information content (AvgIpc) is 3.22. The summed E-state index contributed by atoms with van der Waals surface area (Å²) in [6.45, 7) is 6.68. The minimum absolute atomic E-state index is 0.00835. The Morgan fingerprint density at radius 2 is 2.12 bits per heavy atom. The Balaban J connectivity index is 1.52. The third-order valence-corrected chi connectivity index (χ3v) is 5.11. The number of methoxy groups -OCH3 is 1. The van der Waals surface area contributed by atoms with E-state index in [1.54, 1.807) is 24.6 Å². The summed E-state index contributed by atoms with van der Waals surface area (Å²) in [4.78, 5) is 20.8. The molecule has 0 unspecified atom stereocenters. The topological polar surface area (TPSA) is 54.9 Å². The van der Waals surface area contributed by atoms with Gasteiger partial charge in [-0.25, -0.2) is 4.98 Å². The van der Waals surface area contributed by atoms with Crippen molar-refractivity contribution in [3.63, 3.8) is 0 Å². The van der Waals surface area contributed by atoms with E-state index in [0.29, 0.717) is 24.6 Å². The van der Waals surface area contributed by atoms with Crippen molar-refractivity contribution in [2.24, 2.45) is 0 Å². The first kappa shape index (κ1) is 18.3. The summed E-state index contributed by atoms with van der Waals surface area (Å²) in [5, 5.41) is 2.98. The van der Waals surface area contributed by atoms with Gasteiger partial charge in [0, 0.05) is 37.8 Å². The van der Waals surface area contributed by atoms with Gasteiger partial charge in [0.1, 0.15) is 0 Å². The van der Waals surface area contributed by atoms with Gasteiger partial charge in [-0.15, -0.1) is 17.9 Å². The van der Waals surface area contributed by atoms with Gasteiger partial charge in [-0.3, -0.25) is 4.79 Å². The molecule has 0 N–H and O–H groups in total. The highest BCUT2D eigenvalue weighted by Gasteiger charge is 2.22. The number of piperazine rings is 1. The highest BCUT2D eigenvalue weighted by atomic mass is 32.1. The summed E-state index contributed by atoms with van der Waals surface area (Å²) in [5.41, 5.74) is 1.09. The summed E-state index contributed by atoms with van der Waals surface area (Å²) in [5.74, 6) is 1.20. The highest BCUT2D eigenvalue weighted by molar-refractivity contribution is 7.13. The van der Waals surface area contributed by atoms with Crippen LogP contribution in [0.25, 0.3) is 0 Å². The predicted molar refractivity (Wildman–Crippen MR) is 103 cm³/mol. The fourth-order valence-electron chi connectivity index (χ4n) is 2.87. The zero-order chi connectivity index (χ0) is 18.4. The molecular formula is C19H23N3O3S. The maximum Gasteiger partial charge on any atom is 0.260 e. The number of allylic oxidation sites excluding steroid dienone is 1. The molecule has 3 rings (SSSR count). The van der Waals surface area contributed by atoms with E-state index in [2.05, 4.69) is 16.5 Å². The molecule has 0 radical (unpaired) electrons. The number of nitrogens with zero attached hydrogens (tertiary/aromatic N) is 3. The van der Waals surface area contributed by atoms with Crippen LogP contribution in [0.15, 0.2) is 42.4 Å². The molecule has 1 amide bonds. The molecule has 0 spiro atoms. The van der Waals surface area contributed by atoms with E-state index in [9.17, 15) is 4.79 Å². The van der Waals surface area contributed by atoms with Crippen LogP contribution in [0.3, 0.4) is 0 Å². The van der Waals surface area contributed by atoms with Crippen molar-refractivity contribution in [2.45, 2.75) is 6.42 Å². The van der Waals surface area contributed by atoms with Gasteiger partial charge in [-0.05, 0) is 24.1 Å². The number of carbonyl (C=O) groups is 1. The maximum absolute atomic E-state index is 12.4. The van der Waals surface area contributed by atoms with E-state index in [1.165, 1.54) is 0 Å². The molecule has 1 aromatic heterocycles. The number of rotatable bonds is 7. The van der Waals surface area contributed by atoms with Crippen LogP contribution >= 0.6 is 11.3 Å². The second-order valence-corrected chi connectivity index (χ2v) is 6.82. The minimum atomic E-state index is -0.0130. The van der Waals surface area contributed by atoms with Gasteiger partial charge in [0.15, 0.2) is 23.2 Å².